The number of ether oxygens (including phenoxy) is 1. The Labute approximate surface area is 166 Å². The summed E-state index contributed by atoms with van der Waals surface area (Å²) in [6.07, 6.45) is 2.64. The zero-order chi connectivity index (χ0) is 19.4. The highest BCUT2D eigenvalue weighted by Crippen LogP contribution is 2.42. The number of thioether (sulfide) groups is 1. The lowest BCUT2D eigenvalue weighted by molar-refractivity contribution is 0.0227. The fraction of sp³-hybridized carbons (Fsp3) is 0.435. The molecule has 2 aromatic carbocycles. The predicted octanol–water partition coefficient (Wildman–Crippen LogP) is 6.00. The Kier molecular flexibility index (Phi) is 6.15. The third-order valence-electron chi connectivity index (χ3n) is 5.29. The van der Waals surface area contributed by atoms with Gasteiger partial charge >= 0.3 is 0 Å². The maximum Gasteiger partial charge on any atom is 0.252 e. The van der Waals surface area contributed by atoms with E-state index in [0.717, 1.165) is 41.0 Å². The van der Waals surface area contributed by atoms with E-state index in [2.05, 4.69) is 39.1 Å². The minimum Gasteiger partial charge on any atom is -0.487 e. The van der Waals surface area contributed by atoms with Crippen LogP contribution in [0.2, 0.25) is 0 Å². The highest BCUT2D eigenvalue weighted by Gasteiger charge is 2.39. The Morgan fingerprint density at radius 3 is 2.52 bits per heavy atom. The summed E-state index contributed by atoms with van der Waals surface area (Å²) < 4.78 is 6.36. The van der Waals surface area contributed by atoms with Crippen LogP contribution in [-0.4, -0.2) is 16.8 Å². The van der Waals surface area contributed by atoms with E-state index in [1.54, 1.807) is 11.8 Å². The van der Waals surface area contributed by atoms with Crippen molar-refractivity contribution in [2.75, 3.05) is 0 Å². The highest BCUT2D eigenvalue weighted by molar-refractivity contribution is 8.00. The van der Waals surface area contributed by atoms with Gasteiger partial charge in [0.2, 0.25) is 0 Å². The number of hydrogen-bond acceptors (Lipinski definition) is 3. The fourth-order valence-corrected chi connectivity index (χ4v) is 4.63. The van der Waals surface area contributed by atoms with Gasteiger partial charge in [-0.25, -0.2) is 0 Å². The molecular weight excluding hydrogens is 354 g/mol. The van der Waals surface area contributed by atoms with Crippen LogP contribution in [0.4, 0.5) is 0 Å². The lowest BCUT2D eigenvalue weighted by atomic mass is 9.83. The SMILES string of the molecule is CCC1(CC)CC(NC(=O)c2ccccc2SC(C)C)c2ccccc2O1. The molecular formula is C23H29NO2S. The smallest absolute Gasteiger partial charge is 0.252 e. The van der Waals surface area contributed by atoms with Crippen LogP contribution >= 0.6 is 11.8 Å². The van der Waals surface area contributed by atoms with Gasteiger partial charge in [-0.3, -0.25) is 4.79 Å². The molecule has 1 aliphatic heterocycles. The van der Waals surface area contributed by atoms with Gasteiger partial charge in [0.15, 0.2) is 0 Å². The van der Waals surface area contributed by atoms with Crippen LogP contribution in [0.5, 0.6) is 5.75 Å². The summed E-state index contributed by atoms with van der Waals surface area (Å²) in [5.74, 6) is 0.879. The fourth-order valence-electron chi connectivity index (χ4n) is 3.68. The molecule has 4 heteroatoms. The molecule has 0 radical (unpaired) electrons. The number of fused-ring (bicyclic) bond motifs is 1. The van der Waals surface area contributed by atoms with Crippen molar-refractivity contribution in [3.8, 4) is 5.75 Å². The van der Waals surface area contributed by atoms with Gasteiger partial charge in [-0.15, -0.1) is 11.8 Å². The number of benzene rings is 2. The molecule has 1 N–H and O–H groups in total. The van der Waals surface area contributed by atoms with Gasteiger partial charge in [0.05, 0.1) is 11.6 Å². The van der Waals surface area contributed by atoms with Gasteiger partial charge in [-0.1, -0.05) is 58.0 Å². The molecule has 0 bridgehead atoms. The minimum absolute atomic E-state index is 0.0124. The average Bonchev–Trinajstić information content (AvgIpc) is 2.67. The Bertz CT molecular complexity index is 798. The summed E-state index contributed by atoms with van der Waals surface area (Å²) in [7, 11) is 0. The van der Waals surface area contributed by atoms with Gasteiger partial charge in [-0.2, -0.15) is 0 Å². The third-order valence-corrected chi connectivity index (χ3v) is 6.37. The predicted molar refractivity (Wildman–Crippen MR) is 113 cm³/mol. The zero-order valence-corrected chi connectivity index (χ0v) is 17.4. The van der Waals surface area contributed by atoms with E-state index in [1.807, 2.05) is 42.5 Å². The largest absolute Gasteiger partial charge is 0.487 e. The second-order valence-corrected chi connectivity index (χ2v) is 9.04. The normalized spacial score (nSPS) is 17.9. The third kappa shape index (κ3) is 4.32. The summed E-state index contributed by atoms with van der Waals surface area (Å²) in [4.78, 5) is 14.2. The molecule has 1 heterocycles. The van der Waals surface area contributed by atoms with Crippen LogP contribution in [0.25, 0.3) is 0 Å². The molecule has 1 atom stereocenters. The Balaban J connectivity index is 1.89. The molecule has 0 aliphatic carbocycles. The summed E-state index contributed by atoms with van der Waals surface area (Å²) in [6, 6.07) is 15.9. The Morgan fingerprint density at radius 1 is 1.15 bits per heavy atom. The number of para-hydroxylation sites is 1. The molecule has 0 saturated carbocycles. The maximum atomic E-state index is 13.1. The van der Waals surface area contributed by atoms with Gasteiger partial charge in [-0.05, 0) is 31.0 Å². The maximum absolute atomic E-state index is 13.1. The topological polar surface area (TPSA) is 38.3 Å². The first-order chi connectivity index (χ1) is 13.0. The second kappa shape index (κ2) is 8.39. The van der Waals surface area contributed by atoms with E-state index in [1.165, 1.54) is 0 Å². The number of amides is 1. The summed E-state index contributed by atoms with van der Waals surface area (Å²) in [5, 5.41) is 3.72. The molecule has 1 aliphatic rings. The molecule has 0 aromatic heterocycles. The van der Waals surface area contributed by atoms with E-state index in [9.17, 15) is 4.79 Å². The van der Waals surface area contributed by atoms with E-state index in [4.69, 9.17) is 4.74 Å². The molecule has 27 heavy (non-hydrogen) atoms. The molecule has 1 unspecified atom stereocenters. The second-order valence-electron chi connectivity index (χ2n) is 7.42. The molecule has 0 fully saturated rings. The standard InChI is InChI=1S/C23H29NO2S/c1-5-23(6-2)15-19(17-11-7-9-13-20(17)26-23)24-22(25)18-12-8-10-14-21(18)27-16(3)4/h7-14,16,19H,5-6,15H2,1-4H3,(H,24,25). The van der Waals surface area contributed by atoms with E-state index in [0.29, 0.717) is 5.25 Å². The molecule has 2 aromatic rings. The highest BCUT2D eigenvalue weighted by atomic mass is 32.2. The van der Waals surface area contributed by atoms with E-state index < -0.39 is 0 Å². The first-order valence-electron chi connectivity index (χ1n) is 9.82. The van der Waals surface area contributed by atoms with Crippen molar-refractivity contribution < 1.29 is 9.53 Å². The molecule has 1 amide bonds. The van der Waals surface area contributed by atoms with Crippen LogP contribution in [0.3, 0.4) is 0 Å². The van der Waals surface area contributed by atoms with Gasteiger partial charge < -0.3 is 10.1 Å². The quantitative estimate of drug-likeness (QED) is 0.622. The van der Waals surface area contributed by atoms with Gasteiger partial charge in [0.1, 0.15) is 11.4 Å². The summed E-state index contributed by atoms with van der Waals surface area (Å²) >= 11 is 1.72. The molecule has 3 nitrogen and oxygen atoms in total. The summed E-state index contributed by atoms with van der Waals surface area (Å²) in [6.45, 7) is 8.60. The van der Waals surface area contributed by atoms with Gasteiger partial charge in [0, 0.05) is 22.1 Å². The van der Waals surface area contributed by atoms with Crippen molar-refractivity contribution in [2.45, 2.75) is 68.7 Å². The van der Waals surface area contributed by atoms with Crippen molar-refractivity contribution in [2.24, 2.45) is 0 Å². The van der Waals surface area contributed by atoms with Crippen molar-refractivity contribution in [3.63, 3.8) is 0 Å². The van der Waals surface area contributed by atoms with Crippen LogP contribution in [-0.2, 0) is 0 Å². The minimum atomic E-state index is -0.224. The lowest BCUT2D eigenvalue weighted by Crippen LogP contribution is -2.44. The Morgan fingerprint density at radius 2 is 1.81 bits per heavy atom. The lowest BCUT2D eigenvalue weighted by Gasteiger charge is -2.41. The van der Waals surface area contributed by atoms with Crippen LogP contribution < -0.4 is 10.1 Å². The first kappa shape index (κ1) is 19.8. The number of rotatable bonds is 6. The number of carbonyl (C=O) groups is 1. The first-order valence-corrected chi connectivity index (χ1v) is 10.7. The summed E-state index contributed by atoms with van der Waals surface area (Å²) in [5.41, 5.74) is 1.59. The monoisotopic (exact) mass is 383 g/mol. The van der Waals surface area contributed by atoms with Crippen molar-refractivity contribution in [1.82, 2.24) is 5.32 Å². The van der Waals surface area contributed by atoms with Crippen LogP contribution in [0, 0.1) is 0 Å². The van der Waals surface area contributed by atoms with Crippen LogP contribution in [0.1, 0.15) is 68.9 Å². The number of hydrogen-bond donors (Lipinski definition) is 1. The number of nitrogens with one attached hydrogen (secondary N) is 1. The van der Waals surface area contributed by atoms with E-state index in [-0.39, 0.29) is 17.6 Å². The van der Waals surface area contributed by atoms with Crippen molar-refractivity contribution in [3.05, 3.63) is 59.7 Å². The zero-order valence-electron chi connectivity index (χ0n) is 16.6. The van der Waals surface area contributed by atoms with Gasteiger partial charge in [0.25, 0.3) is 5.91 Å². The average molecular weight is 384 g/mol. The molecule has 3 rings (SSSR count). The molecule has 144 valence electrons. The Hall–Kier alpha value is -1.94. The van der Waals surface area contributed by atoms with E-state index >= 15 is 0 Å². The number of carbonyl (C=O) groups excluding carboxylic acids is 1. The van der Waals surface area contributed by atoms with Crippen molar-refractivity contribution >= 4 is 17.7 Å². The molecule has 0 saturated heterocycles. The molecule has 0 spiro atoms. The van der Waals surface area contributed by atoms with Crippen molar-refractivity contribution in [1.29, 1.82) is 0 Å². The van der Waals surface area contributed by atoms with Crippen LogP contribution in [0.15, 0.2) is 53.4 Å².